The molecule has 7 nitrogen and oxygen atoms in total. The van der Waals surface area contributed by atoms with E-state index in [1.54, 1.807) is 41.3 Å². The van der Waals surface area contributed by atoms with Crippen LogP contribution in [0.1, 0.15) is 12.5 Å². The number of amides is 1. The van der Waals surface area contributed by atoms with Gasteiger partial charge in [-0.1, -0.05) is 6.07 Å². The lowest BCUT2D eigenvalue weighted by Gasteiger charge is -2.16. The largest absolute Gasteiger partial charge is 0.497 e. The molecule has 1 aromatic heterocycles. The van der Waals surface area contributed by atoms with Gasteiger partial charge in [0.2, 0.25) is 0 Å². The lowest BCUT2D eigenvalue weighted by atomic mass is 10.3. The second-order valence-electron chi connectivity index (χ2n) is 5.10. The summed E-state index contributed by atoms with van der Waals surface area (Å²) in [6, 6.07) is 7.37. The van der Waals surface area contributed by atoms with Gasteiger partial charge in [0.05, 0.1) is 25.5 Å². The first kappa shape index (κ1) is 14.4. The number of rotatable bonds is 5. The predicted molar refractivity (Wildman–Crippen MR) is 78.7 cm³/mol. The molecule has 1 aromatic carbocycles. The Balaban J connectivity index is 1.52. The number of likely N-dealkylation sites (tertiary alicyclic amines) is 1. The predicted octanol–water partition coefficient (Wildman–Crippen LogP) is 1.14. The molecule has 0 bridgehead atoms. The molecule has 7 heteroatoms. The van der Waals surface area contributed by atoms with Crippen LogP contribution in [-0.2, 0) is 4.79 Å². The summed E-state index contributed by atoms with van der Waals surface area (Å²) < 4.78 is 10.7. The molecule has 116 valence electrons. The topological polar surface area (TPSA) is 69.5 Å². The molecule has 1 aliphatic heterocycles. The maximum atomic E-state index is 12.2. The van der Waals surface area contributed by atoms with Gasteiger partial charge in [-0.15, -0.1) is 0 Å². The minimum atomic E-state index is -0.0301. The molecule has 1 unspecified atom stereocenters. The van der Waals surface area contributed by atoms with Crippen molar-refractivity contribution in [2.45, 2.75) is 12.5 Å². The van der Waals surface area contributed by atoms with Crippen LogP contribution in [0, 0.1) is 0 Å². The van der Waals surface area contributed by atoms with Crippen LogP contribution in [0.25, 0.3) is 0 Å². The van der Waals surface area contributed by atoms with Gasteiger partial charge in [0, 0.05) is 19.2 Å². The quantitative estimate of drug-likeness (QED) is 0.828. The fraction of sp³-hybridized carbons (Fsp3) is 0.400. The maximum Gasteiger partial charge on any atom is 0.260 e. The fourth-order valence-corrected chi connectivity index (χ4v) is 2.50. The summed E-state index contributed by atoms with van der Waals surface area (Å²) in [6.07, 6.45) is 4.16. The highest BCUT2D eigenvalue weighted by atomic mass is 16.5. The first-order valence-corrected chi connectivity index (χ1v) is 7.16. The number of hydrogen-bond donors (Lipinski definition) is 0. The molecular weight excluding hydrogens is 284 g/mol. The molecule has 0 aliphatic carbocycles. The van der Waals surface area contributed by atoms with Crippen molar-refractivity contribution in [3.8, 4) is 11.5 Å². The number of carbonyl (C=O) groups excluding carboxylic acids is 1. The van der Waals surface area contributed by atoms with Crippen LogP contribution in [0.4, 0.5) is 0 Å². The van der Waals surface area contributed by atoms with Gasteiger partial charge in [-0.25, -0.2) is 0 Å². The Bertz CT molecular complexity index is 629. The SMILES string of the molecule is COc1cccc(OCC(=O)N2CCC(n3nccn3)C2)c1. The Morgan fingerprint density at radius 3 is 2.86 bits per heavy atom. The average Bonchev–Trinajstić information content (AvgIpc) is 3.23. The van der Waals surface area contributed by atoms with E-state index in [0.29, 0.717) is 24.6 Å². The van der Waals surface area contributed by atoms with Crippen molar-refractivity contribution in [3.05, 3.63) is 36.7 Å². The Morgan fingerprint density at radius 1 is 1.32 bits per heavy atom. The third-order valence-corrected chi connectivity index (χ3v) is 3.68. The number of benzene rings is 1. The van der Waals surface area contributed by atoms with Gasteiger partial charge in [0.1, 0.15) is 11.5 Å². The van der Waals surface area contributed by atoms with Gasteiger partial charge in [-0.2, -0.15) is 15.0 Å². The number of aromatic nitrogens is 3. The third kappa shape index (κ3) is 3.19. The van der Waals surface area contributed by atoms with E-state index in [2.05, 4.69) is 10.2 Å². The first-order chi connectivity index (χ1) is 10.8. The van der Waals surface area contributed by atoms with Crippen molar-refractivity contribution in [1.82, 2.24) is 19.9 Å². The zero-order valence-corrected chi connectivity index (χ0v) is 12.4. The first-order valence-electron chi connectivity index (χ1n) is 7.16. The van der Waals surface area contributed by atoms with Gasteiger partial charge in [-0.3, -0.25) is 4.79 Å². The number of methoxy groups -OCH3 is 1. The van der Waals surface area contributed by atoms with E-state index in [-0.39, 0.29) is 18.6 Å². The summed E-state index contributed by atoms with van der Waals surface area (Å²) in [5.41, 5.74) is 0. The summed E-state index contributed by atoms with van der Waals surface area (Å²) in [5, 5.41) is 8.25. The Kier molecular flexibility index (Phi) is 4.22. The van der Waals surface area contributed by atoms with Crippen molar-refractivity contribution in [2.75, 3.05) is 26.8 Å². The monoisotopic (exact) mass is 302 g/mol. The molecule has 0 spiro atoms. The molecule has 22 heavy (non-hydrogen) atoms. The van der Waals surface area contributed by atoms with Gasteiger partial charge < -0.3 is 14.4 Å². The van der Waals surface area contributed by atoms with Crippen LogP contribution in [0.2, 0.25) is 0 Å². The highest BCUT2D eigenvalue weighted by molar-refractivity contribution is 5.78. The molecule has 2 aromatic rings. The lowest BCUT2D eigenvalue weighted by Crippen LogP contribution is -2.33. The molecular formula is C15H18N4O3. The van der Waals surface area contributed by atoms with E-state index in [9.17, 15) is 4.79 Å². The molecule has 0 saturated carbocycles. The van der Waals surface area contributed by atoms with Gasteiger partial charge in [0.25, 0.3) is 5.91 Å². The van der Waals surface area contributed by atoms with Crippen LogP contribution in [-0.4, -0.2) is 52.6 Å². The lowest BCUT2D eigenvalue weighted by molar-refractivity contribution is -0.132. The summed E-state index contributed by atoms with van der Waals surface area (Å²) >= 11 is 0. The minimum Gasteiger partial charge on any atom is -0.497 e. The van der Waals surface area contributed by atoms with Gasteiger partial charge in [-0.05, 0) is 18.6 Å². The summed E-state index contributed by atoms with van der Waals surface area (Å²) in [7, 11) is 1.60. The van der Waals surface area contributed by atoms with E-state index < -0.39 is 0 Å². The highest BCUT2D eigenvalue weighted by Gasteiger charge is 2.28. The molecule has 3 rings (SSSR count). The van der Waals surface area contributed by atoms with Crippen molar-refractivity contribution >= 4 is 5.91 Å². The van der Waals surface area contributed by atoms with E-state index in [1.165, 1.54) is 0 Å². The van der Waals surface area contributed by atoms with E-state index in [1.807, 2.05) is 12.1 Å². The molecule has 1 saturated heterocycles. The van der Waals surface area contributed by atoms with Gasteiger partial charge >= 0.3 is 0 Å². The number of nitrogens with zero attached hydrogens (tertiary/aromatic N) is 4. The number of ether oxygens (including phenoxy) is 2. The van der Waals surface area contributed by atoms with Crippen LogP contribution in [0.3, 0.4) is 0 Å². The molecule has 1 amide bonds. The smallest absolute Gasteiger partial charge is 0.260 e. The molecule has 0 N–H and O–H groups in total. The summed E-state index contributed by atoms with van der Waals surface area (Å²) in [6.45, 7) is 1.34. The summed E-state index contributed by atoms with van der Waals surface area (Å²) in [5.74, 6) is 1.30. The second kappa shape index (κ2) is 6.46. The number of hydrogen-bond acceptors (Lipinski definition) is 5. The van der Waals surface area contributed by atoms with Crippen molar-refractivity contribution in [1.29, 1.82) is 0 Å². The normalized spacial score (nSPS) is 17.5. The second-order valence-corrected chi connectivity index (χ2v) is 5.10. The highest BCUT2D eigenvalue weighted by Crippen LogP contribution is 2.21. The molecule has 0 radical (unpaired) electrons. The van der Waals surface area contributed by atoms with E-state index in [4.69, 9.17) is 9.47 Å². The molecule has 2 heterocycles. The fourth-order valence-electron chi connectivity index (χ4n) is 2.50. The van der Waals surface area contributed by atoms with Crippen LogP contribution >= 0.6 is 0 Å². The van der Waals surface area contributed by atoms with E-state index >= 15 is 0 Å². The van der Waals surface area contributed by atoms with Crippen LogP contribution in [0.5, 0.6) is 11.5 Å². The minimum absolute atomic E-state index is 0.0203. The maximum absolute atomic E-state index is 12.2. The van der Waals surface area contributed by atoms with Crippen molar-refractivity contribution < 1.29 is 14.3 Å². The Hall–Kier alpha value is -2.57. The molecule has 1 aliphatic rings. The number of carbonyl (C=O) groups is 1. The van der Waals surface area contributed by atoms with Crippen LogP contribution in [0.15, 0.2) is 36.7 Å². The molecule has 1 fully saturated rings. The summed E-state index contributed by atoms with van der Waals surface area (Å²) in [4.78, 5) is 15.7. The zero-order chi connectivity index (χ0) is 15.4. The van der Waals surface area contributed by atoms with Crippen molar-refractivity contribution in [3.63, 3.8) is 0 Å². The average molecular weight is 302 g/mol. The third-order valence-electron chi connectivity index (χ3n) is 3.68. The molecule has 1 atom stereocenters. The van der Waals surface area contributed by atoms with Crippen LogP contribution < -0.4 is 9.47 Å². The Morgan fingerprint density at radius 2 is 2.09 bits per heavy atom. The van der Waals surface area contributed by atoms with Gasteiger partial charge in [0.15, 0.2) is 6.61 Å². The van der Waals surface area contributed by atoms with E-state index in [0.717, 1.165) is 6.42 Å². The zero-order valence-electron chi connectivity index (χ0n) is 12.4. The Labute approximate surface area is 128 Å². The standard InChI is InChI=1S/C15H18N4O3/c1-21-13-3-2-4-14(9-13)22-11-15(20)18-8-5-12(10-18)19-16-6-7-17-19/h2-4,6-7,9,12H,5,8,10-11H2,1H3. The van der Waals surface area contributed by atoms with Crippen molar-refractivity contribution in [2.24, 2.45) is 0 Å².